The van der Waals surface area contributed by atoms with Crippen LogP contribution in [0.5, 0.6) is 0 Å². The van der Waals surface area contributed by atoms with E-state index >= 15 is 0 Å². The normalized spacial score (nSPS) is 19.8. The average molecular weight is 421 g/mol. The van der Waals surface area contributed by atoms with Gasteiger partial charge < -0.3 is 10.1 Å². The average Bonchev–Trinajstić information content (AvgIpc) is 3.13. The Labute approximate surface area is 169 Å². The van der Waals surface area contributed by atoms with Crippen molar-refractivity contribution in [2.75, 3.05) is 13.7 Å². The zero-order valence-electron chi connectivity index (χ0n) is 15.3. The van der Waals surface area contributed by atoms with Crippen LogP contribution in [0.4, 0.5) is 0 Å². The van der Waals surface area contributed by atoms with Crippen LogP contribution in [-0.2, 0) is 14.8 Å². The van der Waals surface area contributed by atoms with Crippen molar-refractivity contribution in [3.8, 4) is 0 Å². The van der Waals surface area contributed by atoms with E-state index in [1.807, 2.05) is 18.2 Å². The van der Waals surface area contributed by atoms with Gasteiger partial charge in [0.2, 0.25) is 10.0 Å². The molecule has 0 unspecified atom stereocenters. The molecule has 1 aliphatic heterocycles. The smallest absolute Gasteiger partial charge is 0.337 e. The summed E-state index contributed by atoms with van der Waals surface area (Å²) in [5, 5.41) is 3.77. The predicted octanol–water partition coefficient (Wildman–Crippen LogP) is 2.85. The second kappa shape index (κ2) is 8.87. The molecule has 0 radical (unpaired) electrons. The lowest BCUT2D eigenvalue weighted by molar-refractivity contribution is 0.0600. The van der Waals surface area contributed by atoms with Crippen molar-refractivity contribution >= 4 is 33.7 Å². The van der Waals surface area contributed by atoms with Crippen LogP contribution < -0.4 is 10.0 Å². The second-order valence-corrected chi connectivity index (χ2v) is 8.65. The van der Waals surface area contributed by atoms with Gasteiger partial charge >= 0.3 is 5.97 Å². The highest BCUT2D eigenvalue weighted by molar-refractivity contribution is 7.89. The summed E-state index contributed by atoms with van der Waals surface area (Å²) in [6, 6.07) is 13.0. The molecular formula is C20H21ClN2O4S. The number of halogens is 1. The van der Waals surface area contributed by atoms with Gasteiger partial charge in [-0.05, 0) is 48.4 Å². The molecule has 0 aliphatic carbocycles. The minimum atomic E-state index is -3.59. The summed E-state index contributed by atoms with van der Waals surface area (Å²) in [5.41, 5.74) is 1.35. The van der Waals surface area contributed by atoms with Crippen LogP contribution in [0.2, 0.25) is 5.02 Å². The Bertz CT molecular complexity index is 974. The van der Waals surface area contributed by atoms with Crippen LogP contribution in [0.1, 0.15) is 22.3 Å². The molecule has 148 valence electrons. The summed E-state index contributed by atoms with van der Waals surface area (Å²) in [5.74, 6) is -0.383. The molecule has 1 saturated heterocycles. The van der Waals surface area contributed by atoms with Gasteiger partial charge in [-0.15, -0.1) is 0 Å². The Morgan fingerprint density at radius 2 is 2.00 bits per heavy atom. The van der Waals surface area contributed by atoms with E-state index in [-0.39, 0.29) is 22.9 Å². The van der Waals surface area contributed by atoms with E-state index in [9.17, 15) is 13.2 Å². The number of hydrogen-bond donors (Lipinski definition) is 2. The van der Waals surface area contributed by atoms with Crippen molar-refractivity contribution in [1.82, 2.24) is 10.0 Å². The van der Waals surface area contributed by atoms with E-state index in [4.69, 9.17) is 16.3 Å². The number of esters is 1. The third-order valence-electron chi connectivity index (χ3n) is 4.44. The molecule has 2 atom stereocenters. The van der Waals surface area contributed by atoms with Gasteiger partial charge in [0.1, 0.15) is 0 Å². The van der Waals surface area contributed by atoms with Gasteiger partial charge in [0.25, 0.3) is 0 Å². The topological polar surface area (TPSA) is 84.5 Å². The molecule has 8 heteroatoms. The van der Waals surface area contributed by atoms with Gasteiger partial charge in [-0.3, -0.25) is 0 Å². The first-order chi connectivity index (χ1) is 13.4. The van der Waals surface area contributed by atoms with Crippen LogP contribution in [0.25, 0.3) is 6.08 Å². The summed E-state index contributed by atoms with van der Waals surface area (Å²) >= 11 is 5.81. The Morgan fingerprint density at radius 3 is 2.71 bits per heavy atom. The van der Waals surface area contributed by atoms with Gasteiger partial charge in [-0.1, -0.05) is 35.9 Å². The van der Waals surface area contributed by atoms with Crippen LogP contribution in [0.15, 0.2) is 59.5 Å². The first-order valence-electron chi connectivity index (χ1n) is 8.75. The van der Waals surface area contributed by atoms with E-state index < -0.39 is 10.0 Å². The lowest BCUT2D eigenvalue weighted by Gasteiger charge is -2.12. The molecule has 2 aromatic carbocycles. The van der Waals surface area contributed by atoms with E-state index in [0.29, 0.717) is 23.6 Å². The van der Waals surface area contributed by atoms with E-state index in [2.05, 4.69) is 10.0 Å². The summed E-state index contributed by atoms with van der Waals surface area (Å²) in [6.45, 7) is 0.532. The Hall–Kier alpha value is -2.19. The van der Waals surface area contributed by atoms with Crippen molar-refractivity contribution < 1.29 is 17.9 Å². The number of ether oxygens (including phenoxy) is 1. The van der Waals surface area contributed by atoms with Gasteiger partial charge in [0, 0.05) is 23.7 Å². The summed E-state index contributed by atoms with van der Waals surface area (Å²) in [4.78, 5) is 11.8. The molecule has 6 nitrogen and oxygen atoms in total. The van der Waals surface area contributed by atoms with Crippen LogP contribution in [0.3, 0.4) is 0 Å². The molecule has 1 fully saturated rings. The maximum atomic E-state index is 12.5. The molecule has 0 spiro atoms. The van der Waals surface area contributed by atoms with Gasteiger partial charge in [0.05, 0.1) is 17.6 Å². The fourth-order valence-corrected chi connectivity index (χ4v) is 4.39. The molecule has 28 heavy (non-hydrogen) atoms. The van der Waals surface area contributed by atoms with Crippen LogP contribution in [-0.4, -0.2) is 40.1 Å². The molecule has 2 N–H and O–H groups in total. The van der Waals surface area contributed by atoms with E-state index in [0.717, 1.165) is 5.56 Å². The number of carbonyl (C=O) groups excluding carboxylic acids is 1. The molecule has 1 heterocycles. The fraction of sp³-hybridized carbons (Fsp3) is 0.250. The number of benzene rings is 2. The standard InChI is InChI=1S/C20H21ClN2O4S/c1-27-20(24)15-4-2-3-14(11-15)5-8-17-12-18(13-22-17)23-28(25,26)19-9-6-16(21)7-10-19/h2-11,17-18,22-23H,12-13H2,1H3/b8-5-/t17-,18-/m1/s1. The molecular weight excluding hydrogens is 400 g/mol. The van der Waals surface area contributed by atoms with Gasteiger partial charge in [-0.25, -0.2) is 17.9 Å². The second-order valence-electron chi connectivity index (χ2n) is 6.50. The summed E-state index contributed by atoms with van der Waals surface area (Å²) < 4.78 is 32.4. The number of methoxy groups -OCH3 is 1. The lowest BCUT2D eigenvalue weighted by Crippen LogP contribution is -2.36. The SMILES string of the molecule is COC(=O)c1cccc(/C=C\[C@@H]2C[C@@H](NS(=O)(=O)c3ccc(Cl)cc3)CN2)c1. The first kappa shape index (κ1) is 20.5. The Balaban J connectivity index is 1.60. The highest BCUT2D eigenvalue weighted by Crippen LogP contribution is 2.17. The minimum Gasteiger partial charge on any atom is -0.465 e. The Morgan fingerprint density at radius 1 is 1.25 bits per heavy atom. The molecule has 3 rings (SSSR count). The molecule has 0 amide bonds. The zero-order valence-corrected chi connectivity index (χ0v) is 16.8. The zero-order chi connectivity index (χ0) is 20.1. The molecule has 0 saturated carbocycles. The maximum absolute atomic E-state index is 12.5. The van der Waals surface area contributed by atoms with E-state index in [1.165, 1.54) is 19.2 Å². The maximum Gasteiger partial charge on any atom is 0.337 e. The highest BCUT2D eigenvalue weighted by atomic mass is 35.5. The van der Waals surface area contributed by atoms with Crippen molar-refractivity contribution in [3.63, 3.8) is 0 Å². The molecule has 1 aliphatic rings. The van der Waals surface area contributed by atoms with Crippen LogP contribution in [0, 0.1) is 0 Å². The number of sulfonamides is 1. The fourth-order valence-electron chi connectivity index (χ4n) is 3.02. The highest BCUT2D eigenvalue weighted by Gasteiger charge is 2.27. The lowest BCUT2D eigenvalue weighted by atomic mass is 10.1. The number of carbonyl (C=O) groups is 1. The van der Waals surface area contributed by atoms with Gasteiger partial charge in [0.15, 0.2) is 0 Å². The molecule has 0 bridgehead atoms. The van der Waals surface area contributed by atoms with Gasteiger partial charge in [-0.2, -0.15) is 0 Å². The largest absolute Gasteiger partial charge is 0.465 e. The molecule has 0 aromatic heterocycles. The third-order valence-corrected chi connectivity index (χ3v) is 6.23. The number of nitrogens with one attached hydrogen (secondary N) is 2. The summed E-state index contributed by atoms with van der Waals surface area (Å²) in [7, 11) is -2.25. The number of hydrogen-bond acceptors (Lipinski definition) is 5. The quantitative estimate of drug-likeness (QED) is 0.702. The van der Waals surface area contributed by atoms with Crippen molar-refractivity contribution in [3.05, 3.63) is 70.8 Å². The molecule has 2 aromatic rings. The Kier molecular flexibility index (Phi) is 6.51. The minimum absolute atomic E-state index is 0.0275. The van der Waals surface area contributed by atoms with Crippen LogP contribution >= 0.6 is 11.6 Å². The third kappa shape index (κ3) is 5.20. The van der Waals surface area contributed by atoms with E-state index in [1.54, 1.807) is 30.3 Å². The first-order valence-corrected chi connectivity index (χ1v) is 10.6. The monoisotopic (exact) mass is 420 g/mol. The predicted molar refractivity (Wildman–Crippen MR) is 109 cm³/mol. The number of rotatable bonds is 6. The summed E-state index contributed by atoms with van der Waals surface area (Å²) in [6.07, 6.45) is 4.49. The van der Waals surface area contributed by atoms with Crippen molar-refractivity contribution in [2.24, 2.45) is 0 Å². The van der Waals surface area contributed by atoms with Crippen molar-refractivity contribution in [1.29, 1.82) is 0 Å². The van der Waals surface area contributed by atoms with Crippen molar-refractivity contribution in [2.45, 2.75) is 23.4 Å².